The zero-order valence-electron chi connectivity index (χ0n) is 11.7. The van der Waals surface area contributed by atoms with Crippen molar-refractivity contribution >= 4 is 0 Å². The van der Waals surface area contributed by atoms with Gasteiger partial charge in [-0.3, -0.25) is 0 Å². The molecule has 0 fully saturated rings. The molecule has 0 aromatic heterocycles. The third-order valence-electron chi connectivity index (χ3n) is 3.02. The number of benzene rings is 1. The first-order valence-electron chi connectivity index (χ1n) is 6.26. The highest BCUT2D eigenvalue weighted by atomic mass is 19.4. The van der Waals surface area contributed by atoms with Crippen molar-refractivity contribution < 1.29 is 17.9 Å². The van der Waals surface area contributed by atoms with Crippen LogP contribution in [0.4, 0.5) is 13.2 Å². The Hall–Kier alpha value is -1.23. The van der Waals surface area contributed by atoms with E-state index in [2.05, 4.69) is 5.32 Å². The van der Waals surface area contributed by atoms with Crippen molar-refractivity contribution in [2.75, 3.05) is 13.7 Å². The van der Waals surface area contributed by atoms with Crippen LogP contribution in [-0.2, 0) is 0 Å². The molecule has 0 aliphatic rings. The molecule has 2 nitrogen and oxygen atoms in total. The van der Waals surface area contributed by atoms with E-state index < -0.39 is 12.2 Å². The van der Waals surface area contributed by atoms with E-state index >= 15 is 0 Å². The highest BCUT2D eigenvalue weighted by Gasteiger charge is 2.41. The van der Waals surface area contributed by atoms with Crippen molar-refractivity contribution in [1.82, 2.24) is 5.32 Å². The predicted molar refractivity (Wildman–Crippen MR) is 69.6 cm³/mol. The first-order valence-corrected chi connectivity index (χ1v) is 6.26. The number of alkyl halides is 3. The lowest BCUT2D eigenvalue weighted by atomic mass is 9.97. The summed E-state index contributed by atoms with van der Waals surface area (Å²) in [7, 11) is 1.51. The van der Waals surface area contributed by atoms with Gasteiger partial charge in [-0.2, -0.15) is 13.2 Å². The molecule has 1 aromatic carbocycles. The van der Waals surface area contributed by atoms with Gasteiger partial charge >= 0.3 is 6.18 Å². The Morgan fingerprint density at radius 1 is 1.21 bits per heavy atom. The molecule has 19 heavy (non-hydrogen) atoms. The quantitative estimate of drug-likeness (QED) is 0.879. The second kappa shape index (κ2) is 6.28. The molecule has 0 saturated carbocycles. The molecule has 0 bridgehead atoms. The van der Waals surface area contributed by atoms with Crippen LogP contribution in [0.1, 0.15) is 36.1 Å². The van der Waals surface area contributed by atoms with Crippen LogP contribution in [0.2, 0.25) is 0 Å². The number of methoxy groups -OCH3 is 1. The van der Waals surface area contributed by atoms with Crippen LogP contribution in [0, 0.1) is 13.8 Å². The van der Waals surface area contributed by atoms with Gasteiger partial charge in [0.15, 0.2) is 0 Å². The maximum atomic E-state index is 13.1. The Kier molecular flexibility index (Phi) is 5.23. The van der Waals surface area contributed by atoms with Gasteiger partial charge in [-0.25, -0.2) is 0 Å². The van der Waals surface area contributed by atoms with E-state index in [0.29, 0.717) is 29.8 Å². The van der Waals surface area contributed by atoms with Gasteiger partial charge < -0.3 is 10.1 Å². The summed E-state index contributed by atoms with van der Waals surface area (Å²) in [6, 6.07) is 1.57. The second-order valence-corrected chi connectivity index (χ2v) is 4.61. The van der Waals surface area contributed by atoms with Crippen molar-refractivity contribution in [3.05, 3.63) is 28.8 Å². The van der Waals surface area contributed by atoms with E-state index in [9.17, 15) is 13.2 Å². The lowest BCUT2D eigenvalue weighted by Crippen LogP contribution is -2.35. The molecule has 1 rings (SSSR count). The van der Waals surface area contributed by atoms with Gasteiger partial charge in [-0.05, 0) is 49.6 Å². The zero-order valence-corrected chi connectivity index (χ0v) is 11.7. The van der Waals surface area contributed by atoms with Crippen LogP contribution in [0.3, 0.4) is 0 Å². The summed E-state index contributed by atoms with van der Waals surface area (Å²) in [5.41, 5.74) is 1.54. The van der Waals surface area contributed by atoms with Gasteiger partial charge in [0, 0.05) is 0 Å². The second-order valence-electron chi connectivity index (χ2n) is 4.61. The summed E-state index contributed by atoms with van der Waals surface area (Å²) < 4.78 is 44.5. The minimum absolute atomic E-state index is 0.263. The number of aryl methyl sites for hydroxylation is 2. The molecule has 0 radical (unpaired) electrons. The molecule has 0 saturated heterocycles. The number of rotatable bonds is 5. The van der Waals surface area contributed by atoms with Crippen LogP contribution in [0.25, 0.3) is 0 Å². The van der Waals surface area contributed by atoms with Crippen LogP contribution >= 0.6 is 0 Å². The molecule has 1 N–H and O–H groups in total. The minimum atomic E-state index is -4.30. The van der Waals surface area contributed by atoms with Crippen molar-refractivity contribution in [3.8, 4) is 5.75 Å². The van der Waals surface area contributed by atoms with E-state index in [1.54, 1.807) is 26.0 Å². The molecule has 0 aliphatic carbocycles. The SMILES string of the molecule is CCCNC(c1cc(C)c(OC)cc1C)C(F)(F)F. The number of hydrogen-bond donors (Lipinski definition) is 1. The lowest BCUT2D eigenvalue weighted by Gasteiger charge is -2.24. The maximum Gasteiger partial charge on any atom is 0.407 e. The number of ether oxygens (including phenoxy) is 1. The molecule has 108 valence electrons. The number of halogens is 3. The first-order chi connectivity index (χ1) is 8.81. The number of nitrogens with one attached hydrogen (secondary N) is 1. The first kappa shape index (κ1) is 15.8. The Morgan fingerprint density at radius 3 is 2.32 bits per heavy atom. The van der Waals surface area contributed by atoms with Gasteiger partial charge in [0.05, 0.1) is 7.11 Å². The number of hydrogen-bond acceptors (Lipinski definition) is 2. The Bertz CT molecular complexity index is 429. The van der Waals surface area contributed by atoms with E-state index in [-0.39, 0.29) is 5.56 Å². The predicted octanol–water partition coefficient (Wildman–Crippen LogP) is 3.92. The molecule has 0 amide bonds. The topological polar surface area (TPSA) is 21.3 Å². The van der Waals surface area contributed by atoms with E-state index in [4.69, 9.17) is 4.74 Å². The average molecular weight is 275 g/mol. The maximum absolute atomic E-state index is 13.1. The van der Waals surface area contributed by atoms with Gasteiger partial charge in [0.2, 0.25) is 0 Å². The molecule has 1 aromatic rings. The smallest absolute Gasteiger partial charge is 0.407 e. The Balaban J connectivity index is 3.19. The Morgan fingerprint density at radius 2 is 1.84 bits per heavy atom. The van der Waals surface area contributed by atoms with Gasteiger partial charge in [0.25, 0.3) is 0 Å². The average Bonchev–Trinajstić information content (AvgIpc) is 2.31. The van der Waals surface area contributed by atoms with E-state index in [0.717, 1.165) is 0 Å². The molecule has 0 heterocycles. The summed E-state index contributed by atoms with van der Waals surface area (Å²) in [4.78, 5) is 0. The third kappa shape index (κ3) is 3.86. The van der Waals surface area contributed by atoms with Crippen molar-refractivity contribution in [3.63, 3.8) is 0 Å². The van der Waals surface area contributed by atoms with Crippen molar-refractivity contribution in [2.24, 2.45) is 0 Å². The molecule has 0 aliphatic heterocycles. The monoisotopic (exact) mass is 275 g/mol. The lowest BCUT2D eigenvalue weighted by molar-refractivity contribution is -0.157. The molecule has 1 unspecified atom stereocenters. The third-order valence-corrected chi connectivity index (χ3v) is 3.02. The molecule has 1 atom stereocenters. The van der Waals surface area contributed by atoms with Gasteiger partial charge in [0.1, 0.15) is 11.8 Å². The molecular formula is C14H20F3NO. The highest BCUT2D eigenvalue weighted by molar-refractivity contribution is 5.43. The van der Waals surface area contributed by atoms with E-state index in [1.165, 1.54) is 7.11 Å². The van der Waals surface area contributed by atoms with Gasteiger partial charge in [-0.1, -0.05) is 13.0 Å². The summed E-state index contributed by atoms with van der Waals surface area (Å²) in [5.74, 6) is 0.609. The van der Waals surface area contributed by atoms with Crippen LogP contribution < -0.4 is 10.1 Å². The minimum Gasteiger partial charge on any atom is -0.496 e. The summed E-state index contributed by atoms with van der Waals surface area (Å²) in [6.45, 7) is 5.58. The normalized spacial score (nSPS) is 13.4. The fourth-order valence-corrected chi connectivity index (χ4v) is 2.03. The largest absolute Gasteiger partial charge is 0.496 e. The van der Waals surface area contributed by atoms with Gasteiger partial charge in [-0.15, -0.1) is 0 Å². The van der Waals surface area contributed by atoms with Crippen LogP contribution in [0.15, 0.2) is 12.1 Å². The summed E-state index contributed by atoms with van der Waals surface area (Å²) in [5, 5.41) is 2.57. The fourth-order valence-electron chi connectivity index (χ4n) is 2.03. The summed E-state index contributed by atoms with van der Waals surface area (Å²) >= 11 is 0. The molecule has 0 spiro atoms. The van der Waals surface area contributed by atoms with E-state index in [1.807, 2.05) is 6.92 Å². The molecule has 5 heteroatoms. The Labute approximate surface area is 112 Å². The van der Waals surface area contributed by atoms with Crippen LogP contribution in [0.5, 0.6) is 5.75 Å². The summed E-state index contributed by atoms with van der Waals surface area (Å²) in [6.07, 6.45) is -3.65. The van der Waals surface area contributed by atoms with Crippen molar-refractivity contribution in [2.45, 2.75) is 39.4 Å². The van der Waals surface area contributed by atoms with Crippen LogP contribution in [-0.4, -0.2) is 19.8 Å². The standard InChI is InChI=1S/C14H20F3NO/c1-5-6-18-13(14(15,16)17)11-7-10(3)12(19-4)8-9(11)2/h7-8,13,18H,5-6H2,1-4H3. The fraction of sp³-hybridized carbons (Fsp3) is 0.571. The zero-order chi connectivity index (χ0) is 14.6. The molecular weight excluding hydrogens is 255 g/mol. The van der Waals surface area contributed by atoms with Crippen molar-refractivity contribution in [1.29, 1.82) is 0 Å². The highest BCUT2D eigenvalue weighted by Crippen LogP contribution is 2.36.